The molecule has 1 atom stereocenters. The fraction of sp³-hybridized carbons (Fsp3) is 0.917. The highest BCUT2D eigenvalue weighted by Gasteiger charge is 2.51. The van der Waals surface area contributed by atoms with Gasteiger partial charge in [0.25, 0.3) is 0 Å². The number of amides is 1. The predicted molar refractivity (Wildman–Crippen MR) is 61.9 cm³/mol. The van der Waals surface area contributed by atoms with Gasteiger partial charge in [0.15, 0.2) is 0 Å². The van der Waals surface area contributed by atoms with Crippen molar-refractivity contribution in [1.82, 2.24) is 4.90 Å². The van der Waals surface area contributed by atoms with Crippen molar-refractivity contribution in [2.45, 2.75) is 38.5 Å². The molecule has 2 saturated carbocycles. The van der Waals surface area contributed by atoms with Crippen molar-refractivity contribution in [3.63, 3.8) is 0 Å². The highest BCUT2D eigenvalue weighted by atomic mass is 35.5. The predicted octanol–water partition coefficient (Wildman–Crippen LogP) is 2.51. The molecule has 1 unspecified atom stereocenters. The largest absolute Gasteiger partial charge is 0.345 e. The lowest BCUT2D eigenvalue weighted by atomic mass is 9.84. The summed E-state index contributed by atoms with van der Waals surface area (Å²) in [6.07, 6.45) is 3.21. The van der Waals surface area contributed by atoms with Crippen molar-refractivity contribution in [2.24, 2.45) is 17.3 Å². The van der Waals surface area contributed by atoms with E-state index in [0.717, 1.165) is 25.8 Å². The highest BCUT2D eigenvalue weighted by Crippen LogP contribution is 2.52. The topological polar surface area (TPSA) is 20.3 Å². The third-order valence-electron chi connectivity index (χ3n) is 3.90. The van der Waals surface area contributed by atoms with Gasteiger partial charge < -0.3 is 4.90 Å². The minimum Gasteiger partial charge on any atom is -0.345 e. The third kappa shape index (κ3) is 2.30. The van der Waals surface area contributed by atoms with Crippen molar-refractivity contribution in [1.29, 1.82) is 0 Å². The molecule has 0 bridgehead atoms. The standard InChI is InChI=1S/C12H20ClNO/c1-12(2)6-10(12)11(15)14(3)7-8-4-9(13)5-8/h8-10H,4-7H2,1-3H3. The van der Waals surface area contributed by atoms with Gasteiger partial charge in [-0.25, -0.2) is 0 Å². The molecule has 0 radical (unpaired) electrons. The molecule has 2 aliphatic rings. The van der Waals surface area contributed by atoms with E-state index in [1.54, 1.807) is 0 Å². The smallest absolute Gasteiger partial charge is 0.225 e. The van der Waals surface area contributed by atoms with E-state index in [-0.39, 0.29) is 11.3 Å². The summed E-state index contributed by atoms with van der Waals surface area (Å²) in [7, 11) is 1.93. The number of carbonyl (C=O) groups is 1. The van der Waals surface area contributed by atoms with Gasteiger partial charge in [0.2, 0.25) is 5.91 Å². The van der Waals surface area contributed by atoms with E-state index in [9.17, 15) is 4.79 Å². The number of rotatable bonds is 3. The zero-order valence-corrected chi connectivity index (χ0v) is 10.5. The van der Waals surface area contributed by atoms with E-state index in [2.05, 4.69) is 13.8 Å². The van der Waals surface area contributed by atoms with Gasteiger partial charge in [0.1, 0.15) is 0 Å². The summed E-state index contributed by atoms with van der Waals surface area (Å²) >= 11 is 5.92. The molecular formula is C12H20ClNO. The lowest BCUT2D eigenvalue weighted by Gasteiger charge is -2.34. The second kappa shape index (κ2) is 3.65. The molecule has 1 amide bonds. The van der Waals surface area contributed by atoms with Crippen LogP contribution < -0.4 is 0 Å². The zero-order chi connectivity index (χ0) is 11.2. The molecule has 3 heteroatoms. The van der Waals surface area contributed by atoms with E-state index in [4.69, 9.17) is 11.6 Å². The first-order valence-corrected chi connectivity index (χ1v) is 6.23. The summed E-state index contributed by atoms with van der Waals surface area (Å²) in [4.78, 5) is 13.9. The van der Waals surface area contributed by atoms with Crippen molar-refractivity contribution in [3.05, 3.63) is 0 Å². The van der Waals surface area contributed by atoms with Gasteiger partial charge >= 0.3 is 0 Å². The van der Waals surface area contributed by atoms with Gasteiger partial charge in [0.05, 0.1) is 0 Å². The van der Waals surface area contributed by atoms with Gasteiger partial charge in [-0.3, -0.25) is 4.79 Å². The van der Waals surface area contributed by atoms with E-state index in [1.807, 2.05) is 11.9 Å². The zero-order valence-electron chi connectivity index (χ0n) is 9.79. The van der Waals surface area contributed by atoms with Gasteiger partial charge in [0, 0.05) is 24.9 Å². The van der Waals surface area contributed by atoms with Crippen LogP contribution in [-0.2, 0) is 4.79 Å². The molecule has 0 spiro atoms. The Bertz CT molecular complexity index is 271. The highest BCUT2D eigenvalue weighted by molar-refractivity contribution is 6.21. The van der Waals surface area contributed by atoms with Crippen LogP contribution in [0, 0.1) is 17.3 Å². The van der Waals surface area contributed by atoms with E-state index >= 15 is 0 Å². The first-order chi connectivity index (χ1) is 6.90. The monoisotopic (exact) mass is 229 g/mol. The molecule has 0 N–H and O–H groups in total. The minimum absolute atomic E-state index is 0.250. The summed E-state index contributed by atoms with van der Waals surface area (Å²) in [5, 5.41) is 0.357. The number of hydrogen-bond acceptors (Lipinski definition) is 1. The number of hydrogen-bond donors (Lipinski definition) is 0. The van der Waals surface area contributed by atoms with Crippen LogP contribution in [0.15, 0.2) is 0 Å². The maximum atomic E-state index is 12.0. The summed E-state index contributed by atoms with van der Waals surface area (Å²) in [6.45, 7) is 5.23. The van der Waals surface area contributed by atoms with E-state index in [1.165, 1.54) is 0 Å². The normalized spacial score (nSPS) is 36.9. The number of carbonyl (C=O) groups excluding carboxylic acids is 1. The first-order valence-electron chi connectivity index (χ1n) is 5.79. The molecule has 0 heterocycles. The van der Waals surface area contributed by atoms with Gasteiger partial charge in [-0.1, -0.05) is 13.8 Å². The summed E-state index contributed by atoms with van der Waals surface area (Å²) < 4.78 is 0. The van der Waals surface area contributed by atoms with Crippen LogP contribution in [-0.4, -0.2) is 29.8 Å². The maximum absolute atomic E-state index is 12.0. The van der Waals surface area contributed by atoms with Crippen LogP contribution in [0.4, 0.5) is 0 Å². The lowest BCUT2D eigenvalue weighted by molar-refractivity contribution is -0.132. The van der Waals surface area contributed by atoms with Crippen molar-refractivity contribution in [3.8, 4) is 0 Å². The summed E-state index contributed by atoms with van der Waals surface area (Å²) in [5.74, 6) is 1.25. The number of alkyl halides is 1. The Labute approximate surface area is 97.0 Å². The van der Waals surface area contributed by atoms with Crippen LogP contribution in [0.5, 0.6) is 0 Å². The summed E-state index contributed by atoms with van der Waals surface area (Å²) in [6, 6.07) is 0. The molecule has 0 aromatic carbocycles. The van der Waals surface area contributed by atoms with Gasteiger partial charge in [-0.2, -0.15) is 0 Å². The van der Waals surface area contributed by atoms with E-state index in [0.29, 0.717) is 17.2 Å². The molecule has 0 aliphatic heterocycles. The molecule has 0 aromatic heterocycles. The SMILES string of the molecule is CN(CC1CC(Cl)C1)C(=O)C1CC1(C)C. The minimum atomic E-state index is 0.250. The average Bonchev–Trinajstić information content (AvgIpc) is 2.71. The van der Waals surface area contributed by atoms with E-state index < -0.39 is 0 Å². The van der Waals surface area contributed by atoms with Crippen molar-refractivity contribution in [2.75, 3.05) is 13.6 Å². The Balaban J connectivity index is 1.76. The molecule has 15 heavy (non-hydrogen) atoms. The molecule has 0 aromatic rings. The number of halogens is 1. The first kappa shape index (κ1) is 11.3. The second-order valence-electron chi connectivity index (χ2n) is 5.90. The Morgan fingerprint density at radius 3 is 2.40 bits per heavy atom. The Hall–Kier alpha value is -0.240. The van der Waals surface area contributed by atoms with Gasteiger partial charge in [-0.15, -0.1) is 11.6 Å². The molecular weight excluding hydrogens is 210 g/mol. The molecule has 2 aliphatic carbocycles. The molecule has 2 nitrogen and oxygen atoms in total. The van der Waals surface area contributed by atoms with Crippen LogP contribution in [0.3, 0.4) is 0 Å². The Morgan fingerprint density at radius 1 is 1.47 bits per heavy atom. The van der Waals surface area contributed by atoms with Crippen LogP contribution in [0.1, 0.15) is 33.1 Å². The maximum Gasteiger partial charge on any atom is 0.225 e. The van der Waals surface area contributed by atoms with Crippen LogP contribution >= 0.6 is 11.6 Å². The van der Waals surface area contributed by atoms with Crippen molar-refractivity contribution < 1.29 is 4.79 Å². The van der Waals surface area contributed by atoms with Crippen LogP contribution in [0.2, 0.25) is 0 Å². The quantitative estimate of drug-likeness (QED) is 0.681. The van der Waals surface area contributed by atoms with Crippen LogP contribution in [0.25, 0.3) is 0 Å². The second-order valence-corrected chi connectivity index (χ2v) is 6.52. The molecule has 86 valence electrons. The Morgan fingerprint density at radius 2 is 2.00 bits per heavy atom. The van der Waals surface area contributed by atoms with Crippen molar-refractivity contribution >= 4 is 17.5 Å². The molecule has 0 saturated heterocycles. The Kier molecular flexibility index (Phi) is 2.74. The number of nitrogens with zero attached hydrogens (tertiary/aromatic N) is 1. The molecule has 2 rings (SSSR count). The molecule has 2 fully saturated rings. The lowest BCUT2D eigenvalue weighted by Crippen LogP contribution is -2.39. The fourth-order valence-corrected chi connectivity index (χ4v) is 2.94. The van der Waals surface area contributed by atoms with Gasteiger partial charge in [-0.05, 0) is 30.6 Å². The third-order valence-corrected chi connectivity index (χ3v) is 4.25. The fourth-order valence-electron chi connectivity index (χ4n) is 2.44. The summed E-state index contributed by atoms with van der Waals surface area (Å²) in [5.41, 5.74) is 0.250. The average molecular weight is 230 g/mol.